The number of ether oxygens (including phenoxy) is 1. The van der Waals surface area contributed by atoms with Crippen LogP contribution in [0.5, 0.6) is 11.5 Å². The second-order valence-electron chi connectivity index (χ2n) is 3.18. The van der Waals surface area contributed by atoms with Crippen LogP contribution in [0.15, 0.2) is 58.3 Å². The predicted octanol–water partition coefficient (Wildman–Crippen LogP) is 3.70. The second kappa shape index (κ2) is 6.01. The second-order valence-corrected chi connectivity index (χ2v) is 4.52. The molecule has 0 atom stereocenters. The van der Waals surface area contributed by atoms with Gasteiger partial charge in [0.15, 0.2) is 0 Å². The third kappa shape index (κ3) is 2.97. The minimum absolute atomic E-state index is 0.955. The number of hydrogen-bond donors (Lipinski definition) is 0. The summed E-state index contributed by atoms with van der Waals surface area (Å²) >= 11 is -0.243. The van der Waals surface area contributed by atoms with E-state index in [1.807, 2.05) is 36.4 Å². The van der Waals surface area contributed by atoms with Gasteiger partial charge in [-0.15, -0.1) is 0 Å². The van der Waals surface area contributed by atoms with Crippen molar-refractivity contribution < 1.29 is 30.5 Å². The van der Waals surface area contributed by atoms with E-state index in [0.717, 1.165) is 11.5 Å². The Bertz CT molecular complexity index is 478. The summed E-state index contributed by atoms with van der Waals surface area (Å²) in [4.78, 5) is 2.37. The minimum Gasteiger partial charge on any atom is -0.455 e. The van der Waals surface area contributed by atoms with Gasteiger partial charge in [0, 0.05) is 0 Å². The van der Waals surface area contributed by atoms with Crippen molar-refractivity contribution in [3.8, 4) is 11.5 Å². The average Bonchev–Trinajstić information content (AvgIpc) is 2.37. The van der Waals surface area contributed by atoms with Gasteiger partial charge in [-0.3, -0.25) is 0 Å². The average molecular weight is 280 g/mol. The van der Waals surface area contributed by atoms with Crippen LogP contribution in [-0.4, -0.2) is 0 Å². The normalized spacial score (nSPS) is 10.8. The molecule has 0 N–H and O–H groups in total. The van der Waals surface area contributed by atoms with Crippen molar-refractivity contribution in [2.45, 2.75) is 9.79 Å². The van der Waals surface area contributed by atoms with Crippen LogP contribution >= 0.6 is 11.8 Å². The zero-order valence-corrected chi connectivity index (χ0v) is 11.1. The van der Waals surface area contributed by atoms with Gasteiger partial charge in [0.25, 0.3) is 0 Å². The topological polar surface area (TPSA) is 43.4 Å². The van der Waals surface area contributed by atoms with E-state index in [9.17, 15) is 0 Å². The van der Waals surface area contributed by atoms with E-state index in [-0.39, 0.29) is 0 Å². The summed E-state index contributed by atoms with van der Waals surface area (Å²) in [7, 11) is 0. The molecule has 0 saturated carbocycles. The maximum Gasteiger partial charge on any atom is 0.141 e. The molecule has 0 spiro atoms. The maximum atomic E-state index is 8.50. The van der Waals surface area contributed by atoms with Gasteiger partial charge in [-0.1, -0.05) is 36.0 Å². The first kappa shape index (κ1) is 12.4. The fraction of sp³-hybridized carbons (Fsp3) is 0. The molecule has 1 heterocycles. The van der Waals surface area contributed by atoms with Crippen LogP contribution in [0.2, 0.25) is 0 Å². The SMILES string of the molecule is [O]=[Ti]=[O].c1ccc2c(c1)Oc1ccccc1S2. The fourth-order valence-electron chi connectivity index (χ4n) is 1.47. The summed E-state index contributed by atoms with van der Waals surface area (Å²) in [6.45, 7) is 0. The van der Waals surface area contributed by atoms with Crippen molar-refractivity contribution in [3.63, 3.8) is 0 Å². The third-order valence-electron chi connectivity index (χ3n) is 2.14. The van der Waals surface area contributed by atoms with Crippen LogP contribution in [0.25, 0.3) is 0 Å². The van der Waals surface area contributed by atoms with E-state index in [1.165, 1.54) is 9.79 Å². The van der Waals surface area contributed by atoms with E-state index in [0.29, 0.717) is 0 Å². The van der Waals surface area contributed by atoms with Gasteiger partial charge < -0.3 is 4.74 Å². The Hall–Kier alpha value is -1.10. The van der Waals surface area contributed by atoms with Gasteiger partial charge in [0.05, 0.1) is 9.79 Å². The van der Waals surface area contributed by atoms with Crippen molar-refractivity contribution >= 4 is 11.8 Å². The van der Waals surface area contributed by atoms with Gasteiger partial charge in [0.2, 0.25) is 0 Å². The molecule has 0 amide bonds. The Kier molecular flexibility index (Phi) is 4.37. The molecule has 0 aliphatic carbocycles. The first-order valence-corrected chi connectivity index (χ1v) is 6.97. The van der Waals surface area contributed by atoms with Crippen LogP contribution in [0.4, 0.5) is 0 Å². The Balaban J connectivity index is 0.000000329. The fourth-order valence-corrected chi connectivity index (χ4v) is 2.43. The molecule has 2 aromatic rings. The molecule has 3 rings (SSSR count). The summed E-state index contributed by atoms with van der Waals surface area (Å²) in [5.41, 5.74) is 0. The molecule has 3 nitrogen and oxygen atoms in total. The summed E-state index contributed by atoms with van der Waals surface area (Å²) in [5, 5.41) is 0. The number of fused-ring (bicyclic) bond motifs is 2. The molecule has 84 valence electrons. The molecule has 0 saturated heterocycles. The van der Waals surface area contributed by atoms with E-state index >= 15 is 0 Å². The monoisotopic (exact) mass is 280 g/mol. The Morgan fingerprint density at radius 1 is 0.824 bits per heavy atom. The number of rotatable bonds is 0. The molecule has 2 aromatic carbocycles. The first-order chi connectivity index (χ1) is 8.35. The maximum absolute atomic E-state index is 8.50. The third-order valence-corrected chi connectivity index (χ3v) is 3.25. The van der Waals surface area contributed by atoms with Crippen LogP contribution in [0.1, 0.15) is 0 Å². The summed E-state index contributed by atoms with van der Waals surface area (Å²) in [6.07, 6.45) is 0. The Labute approximate surface area is 112 Å². The molecule has 0 bridgehead atoms. The molecule has 1 aliphatic rings. The van der Waals surface area contributed by atoms with Crippen LogP contribution in [0, 0.1) is 0 Å². The van der Waals surface area contributed by atoms with Gasteiger partial charge in [-0.2, -0.15) is 0 Å². The largest absolute Gasteiger partial charge is 0.455 e. The van der Waals surface area contributed by atoms with Crippen LogP contribution in [-0.2, 0) is 25.7 Å². The number of benzene rings is 2. The Morgan fingerprint density at radius 2 is 1.24 bits per heavy atom. The molecule has 0 unspecified atom stereocenters. The molecule has 0 radical (unpaired) electrons. The van der Waals surface area contributed by atoms with Crippen molar-refractivity contribution in [3.05, 3.63) is 48.5 Å². The molecule has 5 heteroatoms. The van der Waals surface area contributed by atoms with E-state index in [2.05, 4.69) is 12.1 Å². The number of hydrogen-bond acceptors (Lipinski definition) is 4. The summed E-state index contributed by atoms with van der Waals surface area (Å²) in [6, 6.07) is 16.2. The quantitative estimate of drug-likeness (QED) is 0.589. The van der Waals surface area contributed by atoms with E-state index in [1.54, 1.807) is 11.8 Å². The first-order valence-electron chi connectivity index (χ1n) is 4.88. The van der Waals surface area contributed by atoms with Crippen molar-refractivity contribution in [1.29, 1.82) is 0 Å². The molecular formula is C12H8O3STi. The smallest absolute Gasteiger partial charge is 0.141 e. The number of para-hydroxylation sites is 2. The molecular weight excluding hydrogens is 272 g/mol. The van der Waals surface area contributed by atoms with Gasteiger partial charge >= 0.3 is 25.7 Å². The van der Waals surface area contributed by atoms with Gasteiger partial charge in [0.1, 0.15) is 11.5 Å². The molecule has 0 fully saturated rings. The minimum atomic E-state index is -2.00. The van der Waals surface area contributed by atoms with Gasteiger partial charge in [-0.05, 0) is 24.3 Å². The molecule has 0 aromatic heterocycles. The van der Waals surface area contributed by atoms with Crippen molar-refractivity contribution in [2.24, 2.45) is 0 Å². The van der Waals surface area contributed by atoms with Crippen molar-refractivity contribution in [2.75, 3.05) is 0 Å². The van der Waals surface area contributed by atoms with E-state index < -0.39 is 19.1 Å². The molecule has 1 aliphatic heterocycles. The standard InChI is InChI=1S/C12H8OS.2O.Ti/c1-3-7-11-9(5-1)13-10-6-2-4-8-12(10)14-11;;;/h1-8H;;;. The molecule has 17 heavy (non-hydrogen) atoms. The Morgan fingerprint density at radius 3 is 1.71 bits per heavy atom. The van der Waals surface area contributed by atoms with Crippen LogP contribution in [0.3, 0.4) is 0 Å². The van der Waals surface area contributed by atoms with Gasteiger partial charge in [-0.25, -0.2) is 0 Å². The van der Waals surface area contributed by atoms with Crippen LogP contribution < -0.4 is 4.74 Å². The van der Waals surface area contributed by atoms with E-state index in [4.69, 9.17) is 11.4 Å². The predicted molar refractivity (Wildman–Crippen MR) is 58.5 cm³/mol. The summed E-state index contributed by atoms with van der Waals surface area (Å²) < 4.78 is 22.8. The zero-order valence-electron chi connectivity index (χ0n) is 8.75. The summed E-state index contributed by atoms with van der Waals surface area (Å²) in [5.74, 6) is 1.91. The zero-order chi connectivity index (χ0) is 12.1. The van der Waals surface area contributed by atoms with Crippen molar-refractivity contribution in [1.82, 2.24) is 0 Å².